The molecule has 0 bridgehead atoms. The third kappa shape index (κ3) is 4.28. The minimum atomic E-state index is -0.0412. The molecule has 0 saturated heterocycles. The van der Waals surface area contributed by atoms with Crippen LogP contribution in [-0.2, 0) is 11.2 Å². The van der Waals surface area contributed by atoms with E-state index in [0.29, 0.717) is 11.9 Å². The number of aromatic nitrogens is 2. The zero-order valence-electron chi connectivity index (χ0n) is 12.9. The Labute approximate surface area is 121 Å². The molecule has 114 valence electrons. The van der Waals surface area contributed by atoms with Crippen LogP contribution < -0.4 is 5.32 Å². The first-order valence-corrected chi connectivity index (χ1v) is 7.87. The highest BCUT2D eigenvalue weighted by Gasteiger charge is 2.32. The Kier molecular flexibility index (Phi) is 5.98. The van der Waals surface area contributed by atoms with E-state index in [1.807, 2.05) is 0 Å². The summed E-state index contributed by atoms with van der Waals surface area (Å²) in [4.78, 5) is 4.52. The average molecular weight is 281 g/mol. The van der Waals surface area contributed by atoms with Crippen LogP contribution in [0.3, 0.4) is 0 Å². The van der Waals surface area contributed by atoms with Crippen molar-refractivity contribution in [1.82, 2.24) is 15.5 Å². The molecule has 1 saturated carbocycles. The number of nitrogens with zero attached hydrogens (tertiary/aromatic N) is 2. The van der Waals surface area contributed by atoms with E-state index in [1.165, 1.54) is 12.8 Å². The standard InChI is InChI=1S/C15H27N3O2/c1-4-6-13(19-3)15-17-14(20-18-15)10-12(11-7-8-11)16-9-5-2/h11-13,16H,4-10H2,1-3H3. The second kappa shape index (κ2) is 7.74. The number of ether oxygens (including phenoxy) is 1. The molecule has 0 radical (unpaired) electrons. The summed E-state index contributed by atoms with van der Waals surface area (Å²) in [5.74, 6) is 2.21. The van der Waals surface area contributed by atoms with Gasteiger partial charge in [0.25, 0.3) is 0 Å². The van der Waals surface area contributed by atoms with Crippen LogP contribution in [0.25, 0.3) is 0 Å². The largest absolute Gasteiger partial charge is 0.373 e. The van der Waals surface area contributed by atoms with Gasteiger partial charge in [0.2, 0.25) is 11.7 Å². The number of rotatable bonds is 10. The third-order valence-electron chi connectivity index (χ3n) is 3.85. The van der Waals surface area contributed by atoms with Gasteiger partial charge in [-0.15, -0.1) is 0 Å². The van der Waals surface area contributed by atoms with E-state index in [1.54, 1.807) is 7.11 Å². The van der Waals surface area contributed by atoms with E-state index in [-0.39, 0.29) is 6.10 Å². The van der Waals surface area contributed by atoms with E-state index in [0.717, 1.165) is 44.0 Å². The first-order valence-electron chi connectivity index (χ1n) is 7.87. The lowest BCUT2D eigenvalue weighted by Gasteiger charge is -2.15. The summed E-state index contributed by atoms with van der Waals surface area (Å²) in [5, 5.41) is 7.68. The van der Waals surface area contributed by atoms with Gasteiger partial charge < -0.3 is 14.6 Å². The normalized spacial score (nSPS) is 18.1. The second-order valence-corrected chi connectivity index (χ2v) is 5.66. The molecule has 2 atom stereocenters. The molecule has 1 fully saturated rings. The number of nitrogens with one attached hydrogen (secondary N) is 1. The fourth-order valence-electron chi connectivity index (χ4n) is 2.52. The molecule has 1 aromatic rings. The van der Waals surface area contributed by atoms with Crippen LogP contribution in [0.5, 0.6) is 0 Å². The van der Waals surface area contributed by atoms with Crippen LogP contribution in [0.2, 0.25) is 0 Å². The van der Waals surface area contributed by atoms with Gasteiger partial charge >= 0.3 is 0 Å². The first kappa shape index (κ1) is 15.4. The summed E-state index contributed by atoms with van der Waals surface area (Å²) in [7, 11) is 1.70. The van der Waals surface area contributed by atoms with E-state index in [4.69, 9.17) is 9.26 Å². The molecule has 20 heavy (non-hydrogen) atoms. The van der Waals surface area contributed by atoms with Gasteiger partial charge in [0.05, 0.1) is 0 Å². The lowest BCUT2D eigenvalue weighted by atomic mass is 10.1. The minimum absolute atomic E-state index is 0.0412. The zero-order valence-corrected chi connectivity index (χ0v) is 12.9. The van der Waals surface area contributed by atoms with Gasteiger partial charge in [-0.2, -0.15) is 4.98 Å². The summed E-state index contributed by atoms with van der Waals surface area (Å²) in [6.45, 7) is 5.37. The molecule has 0 aliphatic heterocycles. The maximum atomic E-state index is 5.42. The van der Waals surface area contributed by atoms with Crippen LogP contribution in [0.15, 0.2) is 4.52 Å². The summed E-state index contributed by atoms with van der Waals surface area (Å²) >= 11 is 0. The Morgan fingerprint density at radius 3 is 2.75 bits per heavy atom. The van der Waals surface area contributed by atoms with Crippen molar-refractivity contribution in [2.75, 3.05) is 13.7 Å². The molecule has 1 heterocycles. The Balaban J connectivity index is 1.93. The molecule has 2 rings (SSSR count). The second-order valence-electron chi connectivity index (χ2n) is 5.66. The maximum Gasteiger partial charge on any atom is 0.228 e. The Bertz CT molecular complexity index is 390. The van der Waals surface area contributed by atoms with Crippen molar-refractivity contribution in [2.45, 2.75) is 64.5 Å². The number of hydrogen-bond acceptors (Lipinski definition) is 5. The van der Waals surface area contributed by atoms with Gasteiger partial charge in [-0.05, 0) is 38.1 Å². The van der Waals surface area contributed by atoms with Crippen molar-refractivity contribution in [2.24, 2.45) is 5.92 Å². The van der Waals surface area contributed by atoms with Gasteiger partial charge in [-0.25, -0.2) is 0 Å². The average Bonchev–Trinajstić information content (AvgIpc) is 3.21. The molecule has 0 amide bonds. The molecule has 0 aromatic carbocycles. The Morgan fingerprint density at radius 1 is 1.35 bits per heavy atom. The van der Waals surface area contributed by atoms with Gasteiger partial charge in [0.1, 0.15) is 6.10 Å². The topological polar surface area (TPSA) is 60.2 Å². The third-order valence-corrected chi connectivity index (χ3v) is 3.85. The molecule has 5 nitrogen and oxygen atoms in total. The van der Waals surface area contributed by atoms with Crippen LogP contribution >= 0.6 is 0 Å². The van der Waals surface area contributed by atoms with Gasteiger partial charge in [-0.3, -0.25) is 0 Å². The van der Waals surface area contributed by atoms with Crippen LogP contribution in [0, 0.1) is 5.92 Å². The highest BCUT2D eigenvalue weighted by atomic mass is 16.5. The predicted octanol–water partition coefficient (Wildman–Crippen LogP) is 2.88. The molecule has 0 spiro atoms. The van der Waals surface area contributed by atoms with Crippen molar-refractivity contribution < 1.29 is 9.26 Å². The van der Waals surface area contributed by atoms with Crippen LogP contribution in [0.4, 0.5) is 0 Å². The van der Waals surface area contributed by atoms with Crippen LogP contribution in [0.1, 0.15) is 63.8 Å². The molecule has 1 N–H and O–H groups in total. The monoisotopic (exact) mass is 281 g/mol. The molecular formula is C15H27N3O2. The van der Waals surface area contributed by atoms with Crippen molar-refractivity contribution in [3.8, 4) is 0 Å². The van der Waals surface area contributed by atoms with Crippen molar-refractivity contribution in [3.05, 3.63) is 11.7 Å². The van der Waals surface area contributed by atoms with E-state index in [9.17, 15) is 0 Å². The molecule has 1 aliphatic rings. The molecule has 5 heteroatoms. The Morgan fingerprint density at radius 2 is 2.15 bits per heavy atom. The van der Waals surface area contributed by atoms with Gasteiger partial charge in [-0.1, -0.05) is 25.4 Å². The number of hydrogen-bond donors (Lipinski definition) is 1. The SMILES string of the molecule is CCCNC(Cc1nc(C(CCC)OC)no1)C1CC1. The maximum absolute atomic E-state index is 5.42. The predicted molar refractivity (Wildman–Crippen MR) is 77.5 cm³/mol. The van der Waals surface area contributed by atoms with Gasteiger partial charge in [0, 0.05) is 19.6 Å². The van der Waals surface area contributed by atoms with Crippen molar-refractivity contribution in [3.63, 3.8) is 0 Å². The zero-order chi connectivity index (χ0) is 14.4. The molecule has 2 unspecified atom stereocenters. The fraction of sp³-hybridized carbons (Fsp3) is 0.867. The van der Waals surface area contributed by atoms with Gasteiger partial charge in [0.15, 0.2) is 0 Å². The highest BCUT2D eigenvalue weighted by Crippen LogP contribution is 2.34. The van der Waals surface area contributed by atoms with Crippen LogP contribution in [-0.4, -0.2) is 29.8 Å². The first-order chi connectivity index (χ1) is 9.78. The lowest BCUT2D eigenvalue weighted by Crippen LogP contribution is -2.33. The fourth-order valence-corrected chi connectivity index (χ4v) is 2.52. The number of methoxy groups -OCH3 is 1. The van der Waals surface area contributed by atoms with E-state index < -0.39 is 0 Å². The highest BCUT2D eigenvalue weighted by molar-refractivity contribution is 4.97. The minimum Gasteiger partial charge on any atom is -0.373 e. The summed E-state index contributed by atoms with van der Waals surface area (Å²) in [6, 6.07) is 0.482. The summed E-state index contributed by atoms with van der Waals surface area (Å²) in [6.07, 6.45) is 6.56. The molecule has 1 aromatic heterocycles. The quantitative estimate of drug-likeness (QED) is 0.714. The molecular weight excluding hydrogens is 254 g/mol. The van der Waals surface area contributed by atoms with Crippen molar-refractivity contribution in [1.29, 1.82) is 0 Å². The van der Waals surface area contributed by atoms with E-state index >= 15 is 0 Å². The van der Waals surface area contributed by atoms with Crippen molar-refractivity contribution >= 4 is 0 Å². The summed E-state index contributed by atoms with van der Waals surface area (Å²) in [5.41, 5.74) is 0. The van der Waals surface area contributed by atoms with E-state index in [2.05, 4.69) is 29.3 Å². The summed E-state index contributed by atoms with van der Waals surface area (Å²) < 4.78 is 10.8. The smallest absolute Gasteiger partial charge is 0.228 e. The molecule has 1 aliphatic carbocycles. The Hall–Kier alpha value is -0.940. The lowest BCUT2D eigenvalue weighted by molar-refractivity contribution is 0.0854.